The third-order valence-corrected chi connectivity index (χ3v) is 8.43. The van der Waals surface area contributed by atoms with E-state index in [1.165, 1.54) is 83.5 Å². The second-order valence-corrected chi connectivity index (χ2v) is 13.8. The Kier molecular flexibility index (Phi) is 32.4. The molecule has 46 heavy (non-hydrogen) atoms. The van der Waals surface area contributed by atoms with Gasteiger partial charge in [0.2, 0.25) is 0 Å². The van der Waals surface area contributed by atoms with Gasteiger partial charge in [0.15, 0.2) is 6.10 Å². The van der Waals surface area contributed by atoms with Gasteiger partial charge in [0.05, 0.1) is 6.61 Å². The van der Waals surface area contributed by atoms with Crippen molar-refractivity contribution in [3.05, 3.63) is 24.3 Å². The fourth-order valence-electron chi connectivity index (χ4n) is 5.13. The first-order valence-corrected chi connectivity index (χ1v) is 20.2. The van der Waals surface area contributed by atoms with Gasteiger partial charge in [-0.15, -0.1) is 0 Å². The molecule has 0 saturated carbocycles. The number of hydrogen-bond donors (Lipinski definition) is 2. The minimum atomic E-state index is -4.75. The van der Waals surface area contributed by atoms with Crippen molar-refractivity contribution < 1.29 is 37.9 Å². The molecule has 0 aliphatic carbocycles. The molecule has 2 N–H and O–H groups in total. The van der Waals surface area contributed by atoms with Gasteiger partial charge in [0.25, 0.3) is 0 Å². The first kappa shape index (κ1) is 44.5. The molecule has 0 amide bonds. The van der Waals surface area contributed by atoms with Crippen LogP contribution < -0.4 is 0 Å². The van der Waals surface area contributed by atoms with Crippen molar-refractivity contribution in [1.29, 1.82) is 0 Å². The summed E-state index contributed by atoms with van der Waals surface area (Å²) in [7, 11) is -4.75. The highest BCUT2D eigenvalue weighted by Gasteiger charge is 2.22. The smallest absolute Gasteiger partial charge is 0.462 e. The van der Waals surface area contributed by atoms with E-state index < -0.39 is 32.5 Å². The summed E-state index contributed by atoms with van der Waals surface area (Å²) < 4.78 is 26.3. The molecule has 0 fully saturated rings. The fourth-order valence-corrected chi connectivity index (χ4v) is 5.49. The number of hydrogen-bond acceptors (Lipinski definition) is 6. The number of unbranched alkanes of at least 4 members (excludes halogenated alkanes) is 20. The van der Waals surface area contributed by atoms with Crippen LogP contribution in [0.1, 0.15) is 181 Å². The number of carbonyl (C=O) groups excluding carboxylic acids is 2. The molecule has 0 aliphatic rings. The summed E-state index contributed by atoms with van der Waals surface area (Å²) >= 11 is 0. The highest BCUT2D eigenvalue weighted by molar-refractivity contribution is 7.46. The van der Waals surface area contributed by atoms with Crippen LogP contribution >= 0.6 is 7.82 Å². The van der Waals surface area contributed by atoms with Gasteiger partial charge in [-0.2, -0.15) is 0 Å². The van der Waals surface area contributed by atoms with Crippen LogP contribution in [0, 0.1) is 0 Å². The van der Waals surface area contributed by atoms with Gasteiger partial charge in [-0.05, 0) is 64.2 Å². The average molecular weight is 673 g/mol. The Morgan fingerprint density at radius 1 is 0.543 bits per heavy atom. The van der Waals surface area contributed by atoms with Gasteiger partial charge >= 0.3 is 19.8 Å². The quantitative estimate of drug-likeness (QED) is 0.0300. The molecule has 0 saturated heterocycles. The van der Waals surface area contributed by atoms with E-state index in [1.54, 1.807) is 0 Å². The molecule has 0 bridgehead atoms. The van der Waals surface area contributed by atoms with Crippen LogP contribution in [0.5, 0.6) is 0 Å². The number of carbonyl (C=O) groups is 2. The van der Waals surface area contributed by atoms with Crippen LogP contribution in [-0.2, 0) is 28.2 Å². The molecule has 0 unspecified atom stereocenters. The molecule has 1 atom stereocenters. The number of allylic oxidation sites excluding steroid dienone is 4. The molecule has 9 heteroatoms. The Morgan fingerprint density at radius 2 is 0.913 bits per heavy atom. The number of phosphoric acid groups is 1. The molecular formula is C37H69O8P. The molecule has 0 aromatic heterocycles. The molecule has 0 heterocycles. The summed E-state index contributed by atoms with van der Waals surface area (Å²) in [6.45, 7) is 3.64. The Morgan fingerprint density at radius 3 is 1.33 bits per heavy atom. The van der Waals surface area contributed by atoms with E-state index in [2.05, 4.69) is 42.7 Å². The van der Waals surface area contributed by atoms with Crippen molar-refractivity contribution in [3.63, 3.8) is 0 Å². The van der Waals surface area contributed by atoms with Crippen molar-refractivity contribution in [2.45, 2.75) is 187 Å². The van der Waals surface area contributed by atoms with E-state index >= 15 is 0 Å². The van der Waals surface area contributed by atoms with E-state index in [4.69, 9.17) is 19.3 Å². The fraction of sp³-hybridized carbons (Fsp3) is 0.838. The first-order valence-electron chi connectivity index (χ1n) is 18.6. The maximum absolute atomic E-state index is 12.3. The predicted molar refractivity (Wildman–Crippen MR) is 189 cm³/mol. The van der Waals surface area contributed by atoms with Crippen LogP contribution in [0.25, 0.3) is 0 Å². The van der Waals surface area contributed by atoms with Crippen molar-refractivity contribution in [1.82, 2.24) is 0 Å². The Balaban J connectivity index is 3.98. The third kappa shape index (κ3) is 35.4. The van der Waals surface area contributed by atoms with Crippen LogP contribution in [0.15, 0.2) is 24.3 Å². The molecule has 0 rings (SSSR count). The monoisotopic (exact) mass is 672 g/mol. The summed E-state index contributed by atoms with van der Waals surface area (Å²) in [5, 5.41) is 0. The molecule has 0 aromatic carbocycles. The van der Waals surface area contributed by atoms with E-state index in [0.717, 1.165) is 57.8 Å². The molecule has 0 spiro atoms. The lowest BCUT2D eigenvalue weighted by Crippen LogP contribution is -2.29. The largest absolute Gasteiger partial charge is 0.469 e. The standard InChI is InChI=1S/C37H69O8P/c1-3-5-7-9-11-13-15-17-18-20-22-24-26-28-30-32-37(39)45-35(34-44-46(40,41)42)33-43-36(38)31-29-27-25-23-21-19-16-14-12-10-8-6-4-2/h13-16,35H,3-12,17-34H2,1-2H3,(H2,40,41,42)/b15-13+,16-14+/t35-/m1/s1. The SMILES string of the molecule is CCCCCC/C=C/CCCCCCCCCC(=O)O[C@H](COC(=O)CCCCCCC/C=C/CCCCCC)COP(=O)(O)O. The zero-order valence-corrected chi connectivity index (χ0v) is 30.4. The normalized spacial score (nSPS) is 12.7. The highest BCUT2D eigenvalue weighted by atomic mass is 31.2. The van der Waals surface area contributed by atoms with Crippen LogP contribution in [0.3, 0.4) is 0 Å². The Bertz CT molecular complexity index is 807. The Hall–Kier alpha value is -1.47. The number of esters is 2. The third-order valence-electron chi connectivity index (χ3n) is 7.94. The van der Waals surface area contributed by atoms with Crippen LogP contribution in [-0.4, -0.2) is 41.0 Å². The maximum atomic E-state index is 12.3. The summed E-state index contributed by atoms with van der Waals surface area (Å²) in [4.78, 5) is 42.6. The number of phosphoric ester groups is 1. The molecule has 0 aliphatic heterocycles. The lowest BCUT2D eigenvalue weighted by molar-refractivity contribution is -0.161. The second kappa shape index (κ2) is 33.4. The van der Waals surface area contributed by atoms with E-state index in [1.807, 2.05) is 0 Å². The van der Waals surface area contributed by atoms with Crippen molar-refractivity contribution in [3.8, 4) is 0 Å². The molecule has 0 aromatic rings. The molecule has 0 radical (unpaired) electrons. The van der Waals surface area contributed by atoms with Crippen molar-refractivity contribution in [2.75, 3.05) is 13.2 Å². The van der Waals surface area contributed by atoms with Gasteiger partial charge in [0.1, 0.15) is 6.61 Å². The summed E-state index contributed by atoms with van der Waals surface area (Å²) in [6.07, 6.45) is 36.1. The van der Waals surface area contributed by atoms with Crippen LogP contribution in [0.2, 0.25) is 0 Å². The average Bonchev–Trinajstić information content (AvgIpc) is 3.02. The zero-order valence-electron chi connectivity index (χ0n) is 29.5. The Labute approximate surface area is 281 Å². The van der Waals surface area contributed by atoms with Crippen LogP contribution in [0.4, 0.5) is 0 Å². The van der Waals surface area contributed by atoms with Gasteiger partial charge in [-0.3, -0.25) is 14.1 Å². The van der Waals surface area contributed by atoms with E-state index in [-0.39, 0.29) is 19.4 Å². The van der Waals surface area contributed by atoms with E-state index in [9.17, 15) is 14.2 Å². The van der Waals surface area contributed by atoms with Gasteiger partial charge in [-0.25, -0.2) is 4.57 Å². The number of rotatable bonds is 34. The minimum absolute atomic E-state index is 0.207. The van der Waals surface area contributed by atoms with E-state index in [0.29, 0.717) is 12.8 Å². The molecule has 270 valence electrons. The lowest BCUT2D eigenvalue weighted by atomic mass is 10.1. The maximum Gasteiger partial charge on any atom is 0.469 e. The van der Waals surface area contributed by atoms with Crippen molar-refractivity contribution >= 4 is 19.8 Å². The summed E-state index contributed by atoms with van der Waals surface area (Å²) in [5.74, 6) is -0.898. The predicted octanol–water partition coefficient (Wildman–Crippen LogP) is 10.8. The van der Waals surface area contributed by atoms with Crippen molar-refractivity contribution in [2.24, 2.45) is 0 Å². The zero-order chi connectivity index (χ0) is 34.0. The topological polar surface area (TPSA) is 119 Å². The van der Waals surface area contributed by atoms with Gasteiger partial charge in [0, 0.05) is 12.8 Å². The highest BCUT2D eigenvalue weighted by Crippen LogP contribution is 2.36. The second-order valence-electron chi connectivity index (χ2n) is 12.5. The molecular weight excluding hydrogens is 603 g/mol. The van der Waals surface area contributed by atoms with Gasteiger partial charge < -0.3 is 19.3 Å². The molecule has 8 nitrogen and oxygen atoms in total. The number of ether oxygens (including phenoxy) is 2. The summed E-state index contributed by atoms with van der Waals surface area (Å²) in [5.41, 5.74) is 0. The minimum Gasteiger partial charge on any atom is -0.462 e. The summed E-state index contributed by atoms with van der Waals surface area (Å²) in [6, 6.07) is 0. The lowest BCUT2D eigenvalue weighted by Gasteiger charge is -2.18. The van der Waals surface area contributed by atoms with Gasteiger partial charge in [-0.1, -0.05) is 128 Å². The first-order chi connectivity index (χ1) is 22.3.